The predicted octanol–water partition coefficient (Wildman–Crippen LogP) is 1.70. The van der Waals surface area contributed by atoms with Crippen molar-refractivity contribution in [3.05, 3.63) is 56.7 Å². The van der Waals surface area contributed by atoms with E-state index >= 15 is 0 Å². The zero-order chi connectivity index (χ0) is 20.7. The minimum absolute atomic E-state index is 0.00743. The van der Waals surface area contributed by atoms with Crippen molar-refractivity contribution in [3.63, 3.8) is 0 Å². The van der Waals surface area contributed by atoms with Crippen molar-refractivity contribution in [2.45, 2.75) is 38.8 Å². The van der Waals surface area contributed by atoms with Gasteiger partial charge >= 0.3 is 5.69 Å². The van der Waals surface area contributed by atoms with E-state index in [0.29, 0.717) is 17.2 Å². The van der Waals surface area contributed by atoms with E-state index in [4.69, 9.17) is 0 Å². The molecule has 2 aromatic heterocycles. The van der Waals surface area contributed by atoms with Gasteiger partial charge in [-0.25, -0.2) is 4.79 Å². The van der Waals surface area contributed by atoms with Gasteiger partial charge in [-0.1, -0.05) is 30.3 Å². The van der Waals surface area contributed by atoms with Gasteiger partial charge in [0.25, 0.3) is 5.56 Å². The van der Waals surface area contributed by atoms with E-state index in [1.54, 1.807) is 23.7 Å². The first kappa shape index (κ1) is 19.2. The summed E-state index contributed by atoms with van der Waals surface area (Å²) in [5.74, 6) is 0.474. The van der Waals surface area contributed by atoms with Crippen LogP contribution in [0.5, 0.6) is 0 Å². The van der Waals surface area contributed by atoms with Crippen LogP contribution in [-0.4, -0.2) is 37.1 Å². The molecule has 8 nitrogen and oxygen atoms in total. The van der Waals surface area contributed by atoms with E-state index in [0.717, 1.165) is 30.4 Å². The Morgan fingerprint density at radius 1 is 1.10 bits per heavy atom. The summed E-state index contributed by atoms with van der Waals surface area (Å²) in [4.78, 5) is 45.2. The van der Waals surface area contributed by atoms with Crippen LogP contribution in [0.4, 0.5) is 5.95 Å². The highest BCUT2D eigenvalue weighted by Gasteiger charge is 2.28. The lowest BCUT2D eigenvalue weighted by Gasteiger charge is -2.34. The first-order valence-electron chi connectivity index (χ1n) is 9.91. The summed E-state index contributed by atoms with van der Waals surface area (Å²) in [6.07, 6.45) is 3.19. The smallest absolute Gasteiger partial charge is 0.332 e. The van der Waals surface area contributed by atoms with E-state index in [1.807, 2.05) is 18.2 Å². The molecule has 0 N–H and O–H groups in total. The molecule has 0 bridgehead atoms. The number of aryl methyl sites for hydroxylation is 1. The Bertz CT molecular complexity index is 1190. The Hall–Kier alpha value is -3.16. The molecule has 4 rings (SSSR count). The average Bonchev–Trinajstić information content (AvgIpc) is 3.10. The lowest BCUT2D eigenvalue weighted by Crippen LogP contribution is -2.40. The maximum atomic E-state index is 13.0. The molecule has 0 spiro atoms. The van der Waals surface area contributed by atoms with Gasteiger partial charge in [0.05, 0.1) is 6.54 Å². The van der Waals surface area contributed by atoms with Crippen molar-refractivity contribution in [2.24, 2.45) is 14.1 Å². The molecule has 1 aliphatic rings. The normalized spacial score (nSPS) is 17.1. The van der Waals surface area contributed by atoms with Crippen molar-refractivity contribution < 1.29 is 4.79 Å². The number of Topliss-reactive ketones (excluding diaryl/α,β-unsaturated/α-hetero) is 1. The minimum atomic E-state index is -0.438. The number of hydrogen-bond acceptors (Lipinski definition) is 5. The molecule has 1 aliphatic heterocycles. The molecule has 1 fully saturated rings. The van der Waals surface area contributed by atoms with Crippen molar-refractivity contribution in [2.75, 3.05) is 11.4 Å². The molecule has 3 aromatic rings. The first-order chi connectivity index (χ1) is 13.9. The first-order valence-corrected chi connectivity index (χ1v) is 9.91. The zero-order valence-corrected chi connectivity index (χ0v) is 17.0. The number of fused-ring (bicyclic) bond motifs is 1. The van der Waals surface area contributed by atoms with Crippen LogP contribution in [0.15, 0.2) is 39.9 Å². The van der Waals surface area contributed by atoms with E-state index in [9.17, 15) is 14.4 Å². The number of carbonyl (C=O) groups is 1. The second-order valence-corrected chi connectivity index (χ2v) is 7.70. The van der Waals surface area contributed by atoms with Crippen LogP contribution in [0, 0.1) is 0 Å². The molecule has 1 atom stereocenters. The maximum absolute atomic E-state index is 13.0. The summed E-state index contributed by atoms with van der Waals surface area (Å²) in [5.41, 5.74) is 0.305. The van der Waals surface area contributed by atoms with Gasteiger partial charge in [-0.05, 0) is 26.2 Å². The van der Waals surface area contributed by atoms with Gasteiger partial charge in [-0.2, -0.15) is 4.98 Å². The molecule has 0 radical (unpaired) electrons. The van der Waals surface area contributed by atoms with Gasteiger partial charge in [0, 0.05) is 32.2 Å². The molecule has 0 amide bonds. The van der Waals surface area contributed by atoms with Crippen LogP contribution in [0.3, 0.4) is 0 Å². The number of imidazole rings is 1. The van der Waals surface area contributed by atoms with E-state index < -0.39 is 11.2 Å². The standard InChI is InChI=1S/C21H25N5O3/c1-14-9-7-8-12-25(14)20-22-18-17(19(28)24(3)21(29)23(18)2)26(20)13-16(27)15-10-5-4-6-11-15/h4-6,10-11,14H,7-9,12-13H2,1-3H3. The summed E-state index contributed by atoms with van der Waals surface area (Å²) in [5, 5.41) is 0. The van der Waals surface area contributed by atoms with Crippen LogP contribution in [0.2, 0.25) is 0 Å². The topological polar surface area (TPSA) is 82.1 Å². The Labute approximate surface area is 168 Å². The highest BCUT2D eigenvalue weighted by Crippen LogP contribution is 2.27. The van der Waals surface area contributed by atoms with E-state index in [1.165, 1.54) is 11.6 Å². The van der Waals surface area contributed by atoms with Gasteiger partial charge in [-0.15, -0.1) is 0 Å². The SMILES string of the molecule is CC1CCCCN1c1nc2c(c(=O)n(C)c(=O)n2C)n1CC(=O)c1ccccc1. The van der Waals surface area contributed by atoms with Gasteiger partial charge < -0.3 is 4.90 Å². The fourth-order valence-electron chi connectivity index (χ4n) is 4.06. The van der Waals surface area contributed by atoms with Crippen molar-refractivity contribution in [1.29, 1.82) is 0 Å². The monoisotopic (exact) mass is 395 g/mol. The number of anilines is 1. The number of carbonyl (C=O) groups excluding carboxylic acids is 1. The summed E-state index contributed by atoms with van der Waals surface area (Å²) in [6.45, 7) is 2.92. The molecule has 152 valence electrons. The van der Waals surface area contributed by atoms with Crippen molar-refractivity contribution in [3.8, 4) is 0 Å². The maximum Gasteiger partial charge on any atom is 0.332 e. The number of piperidine rings is 1. The summed E-state index contributed by atoms with van der Waals surface area (Å²) in [6, 6.07) is 9.25. The number of nitrogens with zero attached hydrogens (tertiary/aromatic N) is 5. The molecule has 3 heterocycles. The largest absolute Gasteiger partial charge is 0.339 e. The lowest BCUT2D eigenvalue weighted by atomic mass is 10.0. The van der Waals surface area contributed by atoms with Crippen LogP contribution in [0.25, 0.3) is 11.2 Å². The second kappa shape index (κ2) is 7.35. The third kappa shape index (κ3) is 3.18. The van der Waals surface area contributed by atoms with Gasteiger partial charge in [-0.3, -0.25) is 23.3 Å². The van der Waals surface area contributed by atoms with Gasteiger partial charge in [0.15, 0.2) is 16.9 Å². The molecule has 29 heavy (non-hydrogen) atoms. The summed E-state index contributed by atoms with van der Waals surface area (Å²) in [7, 11) is 3.05. The van der Waals surface area contributed by atoms with Gasteiger partial charge in [0.2, 0.25) is 5.95 Å². The fourth-order valence-corrected chi connectivity index (χ4v) is 4.06. The lowest BCUT2D eigenvalue weighted by molar-refractivity contribution is 0.0973. The molecular weight excluding hydrogens is 370 g/mol. The number of benzene rings is 1. The Kier molecular flexibility index (Phi) is 4.86. The number of aromatic nitrogens is 4. The summed E-state index contributed by atoms with van der Waals surface area (Å²) < 4.78 is 4.13. The van der Waals surface area contributed by atoms with E-state index in [2.05, 4.69) is 16.8 Å². The minimum Gasteiger partial charge on any atom is -0.339 e. The Morgan fingerprint density at radius 2 is 1.83 bits per heavy atom. The zero-order valence-electron chi connectivity index (χ0n) is 17.0. The third-order valence-electron chi connectivity index (χ3n) is 5.79. The molecule has 8 heteroatoms. The fraction of sp³-hybridized carbons (Fsp3) is 0.429. The molecular formula is C21H25N5O3. The predicted molar refractivity (Wildman–Crippen MR) is 112 cm³/mol. The number of hydrogen-bond donors (Lipinski definition) is 0. The highest BCUT2D eigenvalue weighted by atomic mass is 16.2. The number of rotatable bonds is 4. The third-order valence-corrected chi connectivity index (χ3v) is 5.79. The van der Waals surface area contributed by atoms with E-state index in [-0.39, 0.29) is 23.9 Å². The molecule has 1 unspecified atom stereocenters. The van der Waals surface area contributed by atoms with Crippen LogP contribution in [0.1, 0.15) is 36.5 Å². The average molecular weight is 395 g/mol. The second-order valence-electron chi connectivity index (χ2n) is 7.70. The highest BCUT2D eigenvalue weighted by molar-refractivity contribution is 5.97. The van der Waals surface area contributed by atoms with Crippen molar-refractivity contribution >= 4 is 22.9 Å². The molecule has 0 aliphatic carbocycles. The van der Waals surface area contributed by atoms with Gasteiger partial charge in [0.1, 0.15) is 0 Å². The van der Waals surface area contributed by atoms with Crippen LogP contribution >= 0.6 is 0 Å². The molecule has 1 saturated heterocycles. The quantitative estimate of drug-likeness (QED) is 0.628. The summed E-state index contributed by atoms with van der Waals surface area (Å²) >= 11 is 0. The van der Waals surface area contributed by atoms with Crippen LogP contribution in [-0.2, 0) is 20.6 Å². The van der Waals surface area contributed by atoms with Crippen LogP contribution < -0.4 is 16.1 Å². The molecule has 1 aromatic carbocycles. The van der Waals surface area contributed by atoms with Crippen molar-refractivity contribution in [1.82, 2.24) is 18.7 Å². The molecule has 0 saturated carbocycles. The Morgan fingerprint density at radius 3 is 2.52 bits per heavy atom. The number of ketones is 1. The Balaban J connectivity index is 1.94.